The van der Waals surface area contributed by atoms with Crippen molar-refractivity contribution in [3.8, 4) is 0 Å². The molecule has 6 heteroatoms. The van der Waals surface area contributed by atoms with Crippen LogP contribution in [0.15, 0.2) is 46.3 Å². The number of fused-ring (bicyclic) bond motifs is 1. The summed E-state index contributed by atoms with van der Waals surface area (Å²) in [7, 11) is 0. The van der Waals surface area contributed by atoms with Crippen molar-refractivity contribution in [3.05, 3.63) is 69.5 Å². The lowest BCUT2D eigenvalue weighted by molar-refractivity contribution is -0.121. The number of carbonyl (C=O) groups is 1. The van der Waals surface area contributed by atoms with E-state index in [2.05, 4.69) is 33.7 Å². The van der Waals surface area contributed by atoms with Gasteiger partial charge < -0.3 is 9.84 Å². The Morgan fingerprint density at radius 3 is 3.08 bits per heavy atom. The lowest BCUT2D eigenvalue weighted by Gasteiger charge is -2.10. The summed E-state index contributed by atoms with van der Waals surface area (Å²) in [5.74, 6) is 1.44. The third-order valence-electron chi connectivity index (χ3n) is 4.55. The second-order valence-electron chi connectivity index (χ2n) is 6.28. The topological polar surface area (TPSA) is 68.0 Å². The lowest BCUT2D eigenvalue weighted by atomic mass is 9.97. The van der Waals surface area contributed by atoms with Crippen molar-refractivity contribution in [1.29, 1.82) is 0 Å². The highest BCUT2D eigenvalue weighted by molar-refractivity contribution is 7.09. The zero-order valence-electron chi connectivity index (χ0n) is 13.8. The fourth-order valence-corrected chi connectivity index (χ4v) is 4.03. The summed E-state index contributed by atoms with van der Waals surface area (Å²) in [5.41, 5.74) is 2.68. The molecule has 0 saturated carbocycles. The molecule has 1 aliphatic rings. The SMILES string of the molecule is O=C(C[C@H]1CCc2ccccc21)NCc1nc(Cc2cccs2)no1. The van der Waals surface area contributed by atoms with Crippen LogP contribution < -0.4 is 5.32 Å². The quantitative estimate of drug-likeness (QED) is 0.737. The van der Waals surface area contributed by atoms with Crippen LogP contribution in [0.2, 0.25) is 0 Å². The second kappa shape index (κ2) is 7.19. The molecule has 0 bridgehead atoms. The molecule has 0 unspecified atom stereocenters. The summed E-state index contributed by atoms with van der Waals surface area (Å²) >= 11 is 1.67. The number of nitrogens with zero attached hydrogens (tertiary/aromatic N) is 2. The predicted octanol–water partition coefficient (Wildman–Crippen LogP) is 3.46. The summed E-state index contributed by atoms with van der Waals surface area (Å²) in [6.45, 7) is 0.282. The van der Waals surface area contributed by atoms with E-state index in [1.807, 2.05) is 23.6 Å². The van der Waals surface area contributed by atoms with Gasteiger partial charge in [-0.1, -0.05) is 35.5 Å². The van der Waals surface area contributed by atoms with Crippen molar-refractivity contribution in [2.45, 2.75) is 38.1 Å². The molecule has 0 spiro atoms. The second-order valence-corrected chi connectivity index (χ2v) is 7.31. The van der Waals surface area contributed by atoms with Gasteiger partial charge in [-0.2, -0.15) is 4.98 Å². The minimum absolute atomic E-state index is 0.0275. The minimum atomic E-state index is 0.0275. The number of aromatic nitrogens is 2. The molecular formula is C19H19N3O2S. The van der Waals surface area contributed by atoms with Crippen molar-refractivity contribution in [1.82, 2.24) is 15.5 Å². The Balaban J connectivity index is 1.29. The zero-order chi connectivity index (χ0) is 17.1. The van der Waals surface area contributed by atoms with Crippen LogP contribution in [0.1, 0.15) is 46.5 Å². The number of rotatable bonds is 6. The Hall–Kier alpha value is -2.47. The maximum Gasteiger partial charge on any atom is 0.246 e. The number of carbonyl (C=O) groups excluding carboxylic acids is 1. The zero-order valence-corrected chi connectivity index (χ0v) is 14.6. The van der Waals surface area contributed by atoms with E-state index in [9.17, 15) is 4.79 Å². The van der Waals surface area contributed by atoms with Gasteiger partial charge in [-0.15, -0.1) is 11.3 Å². The molecule has 0 aliphatic heterocycles. The Bertz CT molecular complexity index is 857. The van der Waals surface area contributed by atoms with E-state index in [0.29, 0.717) is 30.5 Å². The van der Waals surface area contributed by atoms with E-state index in [1.165, 1.54) is 16.0 Å². The van der Waals surface area contributed by atoms with Crippen LogP contribution in [0.3, 0.4) is 0 Å². The Morgan fingerprint density at radius 2 is 2.20 bits per heavy atom. The van der Waals surface area contributed by atoms with E-state index >= 15 is 0 Å². The Morgan fingerprint density at radius 1 is 1.28 bits per heavy atom. The minimum Gasteiger partial charge on any atom is -0.347 e. The number of hydrogen-bond acceptors (Lipinski definition) is 5. The molecule has 2 heterocycles. The highest BCUT2D eigenvalue weighted by Gasteiger charge is 2.24. The van der Waals surface area contributed by atoms with E-state index in [0.717, 1.165) is 12.8 Å². The van der Waals surface area contributed by atoms with Crippen molar-refractivity contribution in [2.75, 3.05) is 0 Å². The molecule has 0 saturated heterocycles. The first-order valence-corrected chi connectivity index (χ1v) is 9.34. The highest BCUT2D eigenvalue weighted by Crippen LogP contribution is 2.35. The first kappa shape index (κ1) is 16.0. The van der Waals surface area contributed by atoms with E-state index in [4.69, 9.17) is 4.52 Å². The normalized spacial score (nSPS) is 15.9. The molecule has 2 aromatic heterocycles. The largest absolute Gasteiger partial charge is 0.347 e. The van der Waals surface area contributed by atoms with Gasteiger partial charge >= 0.3 is 0 Å². The van der Waals surface area contributed by atoms with Crippen LogP contribution >= 0.6 is 11.3 Å². The monoisotopic (exact) mass is 353 g/mol. The van der Waals surface area contributed by atoms with Gasteiger partial charge in [-0.05, 0) is 41.3 Å². The molecule has 4 rings (SSSR count). The molecule has 1 amide bonds. The van der Waals surface area contributed by atoms with Crippen LogP contribution in [-0.2, 0) is 24.2 Å². The fourth-order valence-electron chi connectivity index (χ4n) is 3.33. The summed E-state index contributed by atoms with van der Waals surface area (Å²) in [5, 5.41) is 8.89. The van der Waals surface area contributed by atoms with Crippen molar-refractivity contribution in [3.63, 3.8) is 0 Å². The maximum atomic E-state index is 12.2. The van der Waals surface area contributed by atoms with E-state index < -0.39 is 0 Å². The smallest absolute Gasteiger partial charge is 0.246 e. The number of thiophene rings is 1. The summed E-state index contributed by atoms with van der Waals surface area (Å²) in [4.78, 5) is 17.8. The number of amides is 1. The molecule has 0 fully saturated rings. The Labute approximate surface area is 150 Å². The number of nitrogens with one attached hydrogen (secondary N) is 1. The van der Waals surface area contributed by atoms with Crippen LogP contribution in [0.5, 0.6) is 0 Å². The van der Waals surface area contributed by atoms with Crippen LogP contribution in [0.4, 0.5) is 0 Å². The molecule has 0 radical (unpaired) electrons. The third kappa shape index (κ3) is 3.79. The molecule has 3 aromatic rings. The Kier molecular flexibility index (Phi) is 4.61. The van der Waals surface area contributed by atoms with E-state index in [-0.39, 0.29) is 12.5 Å². The van der Waals surface area contributed by atoms with Crippen LogP contribution in [0, 0.1) is 0 Å². The molecule has 1 N–H and O–H groups in total. The average Bonchev–Trinajstić information content (AvgIpc) is 3.36. The van der Waals surface area contributed by atoms with E-state index in [1.54, 1.807) is 11.3 Å². The molecule has 1 atom stereocenters. The average molecular weight is 353 g/mol. The predicted molar refractivity (Wildman–Crippen MR) is 95.4 cm³/mol. The third-order valence-corrected chi connectivity index (χ3v) is 5.42. The standard InChI is InChI=1S/C19H19N3O2S/c23-18(10-14-8-7-13-4-1-2-6-16(13)14)20-12-19-21-17(22-24-19)11-15-5-3-9-25-15/h1-6,9,14H,7-8,10-12H2,(H,20,23)/t14-/m1/s1. The van der Waals surface area contributed by atoms with Gasteiger partial charge in [-0.25, -0.2) is 0 Å². The molecule has 5 nitrogen and oxygen atoms in total. The van der Waals surface area contributed by atoms with Crippen molar-refractivity contribution < 1.29 is 9.32 Å². The molecule has 1 aliphatic carbocycles. The van der Waals surface area contributed by atoms with Gasteiger partial charge in [0, 0.05) is 17.7 Å². The summed E-state index contributed by atoms with van der Waals surface area (Å²) in [6, 6.07) is 12.4. The number of benzene rings is 1. The van der Waals surface area contributed by atoms with Crippen LogP contribution in [-0.4, -0.2) is 16.0 Å². The fraction of sp³-hybridized carbons (Fsp3) is 0.316. The van der Waals surface area contributed by atoms with Gasteiger partial charge in [0.05, 0.1) is 6.54 Å². The molecule has 1 aromatic carbocycles. The lowest BCUT2D eigenvalue weighted by Crippen LogP contribution is -2.24. The van der Waals surface area contributed by atoms with Gasteiger partial charge in [0.15, 0.2) is 5.82 Å². The summed E-state index contributed by atoms with van der Waals surface area (Å²) in [6.07, 6.45) is 3.27. The summed E-state index contributed by atoms with van der Waals surface area (Å²) < 4.78 is 5.22. The van der Waals surface area contributed by atoms with Gasteiger partial charge in [-0.3, -0.25) is 4.79 Å². The van der Waals surface area contributed by atoms with Gasteiger partial charge in [0.25, 0.3) is 0 Å². The highest BCUT2D eigenvalue weighted by atomic mass is 32.1. The molecule has 25 heavy (non-hydrogen) atoms. The first-order chi connectivity index (χ1) is 12.3. The van der Waals surface area contributed by atoms with Gasteiger partial charge in [0.2, 0.25) is 11.8 Å². The molecule has 128 valence electrons. The van der Waals surface area contributed by atoms with Crippen LogP contribution in [0.25, 0.3) is 0 Å². The van der Waals surface area contributed by atoms with Gasteiger partial charge in [0.1, 0.15) is 0 Å². The molecular weight excluding hydrogens is 334 g/mol. The van der Waals surface area contributed by atoms with Crippen molar-refractivity contribution >= 4 is 17.2 Å². The first-order valence-electron chi connectivity index (χ1n) is 8.46. The van der Waals surface area contributed by atoms with Crippen molar-refractivity contribution in [2.24, 2.45) is 0 Å². The maximum absolute atomic E-state index is 12.2. The number of hydrogen-bond donors (Lipinski definition) is 1. The number of aryl methyl sites for hydroxylation is 1.